The molecule has 4 amide bonds. The third-order valence-corrected chi connectivity index (χ3v) is 6.12. The monoisotopic (exact) mass is 549 g/mol. The molecule has 1 aromatic rings. The first-order valence-electron chi connectivity index (χ1n) is 12.3. The lowest BCUT2D eigenvalue weighted by atomic mass is 10.0. The van der Waals surface area contributed by atoms with Crippen molar-refractivity contribution < 1.29 is 53.5 Å². The van der Waals surface area contributed by atoms with E-state index < -0.39 is 48.5 Å². The lowest BCUT2D eigenvalue weighted by Gasteiger charge is -2.35. The normalized spacial score (nSPS) is 22.6. The van der Waals surface area contributed by atoms with Gasteiger partial charge in [-0.2, -0.15) is 0 Å². The number of aliphatic carboxylic acids is 1. The number of unbranched alkanes of at least 4 members (excludes halogenated alkanes) is 1. The Balaban J connectivity index is 1.50. The van der Waals surface area contributed by atoms with Crippen LogP contribution in [0.3, 0.4) is 0 Å². The maximum absolute atomic E-state index is 12.0. The average Bonchev–Trinajstić information content (AvgIpc) is 3.21. The van der Waals surface area contributed by atoms with E-state index in [1.165, 1.54) is 0 Å². The van der Waals surface area contributed by atoms with Crippen LogP contribution in [0, 0.1) is 0 Å². The summed E-state index contributed by atoms with van der Waals surface area (Å²) in [6.07, 6.45) is -2.82. The van der Waals surface area contributed by atoms with Crippen LogP contribution in [0.5, 0.6) is 5.75 Å². The number of benzene rings is 1. The first-order valence-corrected chi connectivity index (χ1v) is 12.3. The third kappa shape index (κ3) is 8.49. The number of imide groups is 1. The fourth-order valence-corrected chi connectivity index (χ4v) is 4.02. The van der Waals surface area contributed by atoms with Crippen LogP contribution in [0.25, 0.3) is 0 Å². The second kappa shape index (κ2) is 13.7. The zero-order valence-corrected chi connectivity index (χ0v) is 21.0. The Morgan fingerprint density at radius 1 is 1.13 bits per heavy atom. The average molecular weight is 550 g/mol. The summed E-state index contributed by atoms with van der Waals surface area (Å²) in [5.74, 6) is -2.33. The van der Waals surface area contributed by atoms with Crippen molar-refractivity contribution in [3.63, 3.8) is 0 Å². The molecule has 14 heteroatoms. The van der Waals surface area contributed by atoms with Gasteiger partial charge in [0.1, 0.15) is 18.5 Å². The SMILES string of the molecule is NC(=O)OCc1cc(CCCCNC(=O)CCN2C(=O)C=CC2=O)ccc1O[C@@H]1O[C@H](C(=O)O)C[C@H](O)[C@H]1O. The van der Waals surface area contributed by atoms with Crippen LogP contribution < -0.4 is 15.8 Å². The van der Waals surface area contributed by atoms with Crippen molar-refractivity contribution in [2.45, 2.75) is 63.3 Å². The van der Waals surface area contributed by atoms with Crippen LogP contribution in [-0.4, -0.2) is 87.7 Å². The molecule has 39 heavy (non-hydrogen) atoms. The van der Waals surface area contributed by atoms with Crippen LogP contribution in [0.15, 0.2) is 30.4 Å². The smallest absolute Gasteiger partial charge is 0.404 e. The molecule has 0 bridgehead atoms. The first-order chi connectivity index (χ1) is 18.5. The molecule has 0 saturated carbocycles. The number of carbonyl (C=O) groups is 5. The number of aryl methyl sites for hydroxylation is 1. The van der Waals surface area contributed by atoms with Crippen LogP contribution in [0.2, 0.25) is 0 Å². The van der Waals surface area contributed by atoms with E-state index in [0.29, 0.717) is 31.4 Å². The van der Waals surface area contributed by atoms with E-state index in [1.807, 2.05) is 0 Å². The predicted molar refractivity (Wildman–Crippen MR) is 131 cm³/mol. The Morgan fingerprint density at radius 2 is 1.85 bits per heavy atom. The number of amides is 4. The minimum Gasteiger partial charge on any atom is -0.479 e. The zero-order valence-electron chi connectivity index (χ0n) is 21.0. The van der Waals surface area contributed by atoms with Gasteiger partial charge in [-0.3, -0.25) is 19.3 Å². The molecule has 212 valence electrons. The summed E-state index contributed by atoms with van der Waals surface area (Å²) in [6, 6.07) is 4.95. The van der Waals surface area contributed by atoms with Gasteiger partial charge in [0.05, 0.1) is 6.10 Å². The summed E-state index contributed by atoms with van der Waals surface area (Å²) in [5.41, 5.74) is 6.29. The molecule has 1 aromatic carbocycles. The van der Waals surface area contributed by atoms with E-state index in [9.17, 15) is 39.3 Å². The topological polar surface area (TPSA) is 215 Å². The number of nitrogens with zero attached hydrogens (tertiary/aromatic N) is 1. The molecule has 0 radical (unpaired) electrons. The highest BCUT2D eigenvalue weighted by atomic mass is 16.7. The van der Waals surface area contributed by atoms with Crippen molar-refractivity contribution in [1.29, 1.82) is 0 Å². The maximum atomic E-state index is 12.0. The van der Waals surface area contributed by atoms with Gasteiger partial charge in [0.15, 0.2) is 6.10 Å². The molecule has 1 saturated heterocycles. The molecule has 2 aliphatic rings. The molecule has 0 spiro atoms. The lowest BCUT2D eigenvalue weighted by Crippen LogP contribution is -2.52. The highest BCUT2D eigenvalue weighted by Crippen LogP contribution is 2.28. The number of carbonyl (C=O) groups excluding carboxylic acids is 4. The summed E-state index contributed by atoms with van der Waals surface area (Å²) in [5, 5.41) is 32.2. The number of nitrogens with two attached hydrogens (primary N) is 1. The minimum absolute atomic E-state index is 0.00743. The van der Waals surface area contributed by atoms with Crippen LogP contribution in [-0.2, 0) is 41.7 Å². The molecule has 4 atom stereocenters. The molecule has 14 nitrogen and oxygen atoms in total. The fourth-order valence-electron chi connectivity index (χ4n) is 4.02. The fraction of sp³-hybridized carbons (Fsp3) is 0.480. The van der Waals surface area contributed by atoms with Gasteiger partial charge in [0.2, 0.25) is 12.2 Å². The van der Waals surface area contributed by atoms with Gasteiger partial charge >= 0.3 is 12.1 Å². The molecular weight excluding hydrogens is 518 g/mol. The number of rotatable bonds is 13. The van der Waals surface area contributed by atoms with Crippen molar-refractivity contribution in [3.05, 3.63) is 41.5 Å². The molecule has 0 aromatic heterocycles. The number of hydrogen-bond donors (Lipinski definition) is 5. The Hall–Kier alpha value is -4.01. The van der Waals surface area contributed by atoms with Crippen LogP contribution in [0.4, 0.5) is 4.79 Å². The molecule has 0 aliphatic carbocycles. The van der Waals surface area contributed by atoms with Gasteiger partial charge in [-0.15, -0.1) is 0 Å². The molecule has 1 fully saturated rings. The number of carboxylic acids is 1. The van der Waals surface area contributed by atoms with Gasteiger partial charge in [0, 0.05) is 43.6 Å². The van der Waals surface area contributed by atoms with Crippen molar-refractivity contribution in [1.82, 2.24) is 10.2 Å². The zero-order chi connectivity index (χ0) is 28.5. The van der Waals surface area contributed by atoms with Crippen LogP contribution >= 0.6 is 0 Å². The Labute approximate surface area is 223 Å². The highest BCUT2D eigenvalue weighted by Gasteiger charge is 2.41. The van der Waals surface area contributed by atoms with E-state index in [2.05, 4.69) is 5.32 Å². The van der Waals surface area contributed by atoms with Gasteiger partial charge in [0.25, 0.3) is 11.8 Å². The first kappa shape index (κ1) is 29.5. The Kier molecular flexibility index (Phi) is 10.4. The standard InChI is InChI=1S/C25H31N3O11/c26-25(36)37-13-15-11-14(3-1-2-9-27-19(30)8-10-28-20(31)6-7-21(28)32)4-5-17(15)38-24-22(33)16(29)12-18(39-24)23(34)35/h4-7,11,16,18,22,24,29,33H,1-3,8-10,12-13H2,(H2,26,36)(H,27,30)(H,34,35)/t16-,18-,22+,24+/m0/s1. The number of hydrogen-bond acceptors (Lipinski definition) is 10. The molecule has 6 N–H and O–H groups in total. The van der Waals surface area contributed by atoms with E-state index in [1.54, 1.807) is 18.2 Å². The molecule has 2 aliphatic heterocycles. The minimum atomic E-state index is -1.51. The second-order valence-corrected chi connectivity index (χ2v) is 9.01. The van der Waals surface area contributed by atoms with Gasteiger partial charge in [-0.1, -0.05) is 6.07 Å². The lowest BCUT2D eigenvalue weighted by molar-refractivity contribution is -0.238. The highest BCUT2D eigenvalue weighted by molar-refractivity contribution is 6.13. The van der Waals surface area contributed by atoms with Gasteiger partial charge in [-0.25, -0.2) is 9.59 Å². The Bertz CT molecular complexity index is 1100. The van der Waals surface area contributed by atoms with E-state index in [-0.39, 0.29) is 37.6 Å². The molecule has 3 rings (SSSR count). The summed E-state index contributed by atoms with van der Waals surface area (Å²) in [7, 11) is 0. The third-order valence-electron chi connectivity index (χ3n) is 6.12. The van der Waals surface area contributed by atoms with E-state index in [4.69, 9.17) is 19.9 Å². The molecule has 2 heterocycles. The summed E-state index contributed by atoms with van der Waals surface area (Å²) in [4.78, 5) is 58.5. The van der Waals surface area contributed by atoms with Crippen molar-refractivity contribution in [2.75, 3.05) is 13.1 Å². The predicted octanol–water partition coefficient (Wildman–Crippen LogP) is -0.664. The number of carboxylic acid groups (broad SMARTS) is 1. The van der Waals surface area contributed by atoms with Gasteiger partial charge < -0.3 is 40.6 Å². The quantitative estimate of drug-likeness (QED) is 0.154. The molecule has 0 unspecified atom stereocenters. The summed E-state index contributed by atoms with van der Waals surface area (Å²) >= 11 is 0. The number of nitrogens with one attached hydrogen (secondary N) is 1. The second-order valence-electron chi connectivity index (χ2n) is 9.01. The number of aliphatic hydroxyl groups is 2. The molecular formula is C25H31N3O11. The number of aliphatic hydroxyl groups excluding tert-OH is 2. The Morgan fingerprint density at radius 3 is 2.51 bits per heavy atom. The van der Waals surface area contributed by atoms with E-state index in [0.717, 1.165) is 22.6 Å². The number of primary amides is 1. The van der Waals surface area contributed by atoms with Crippen molar-refractivity contribution in [3.8, 4) is 5.75 Å². The van der Waals surface area contributed by atoms with Gasteiger partial charge in [-0.05, 0) is 37.0 Å². The van der Waals surface area contributed by atoms with Crippen molar-refractivity contribution in [2.24, 2.45) is 5.73 Å². The number of ether oxygens (including phenoxy) is 3. The summed E-state index contributed by atoms with van der Waals surface area (Å²) in [6.45, 7) is 0.140. The largest absolute Gasteiger partial charge is 0.479 e. The van der Waals surface area contributed by atoms with Crippen molar-refractivity contribution >= 4 is 29.8 Å². The maximum Gasteiger partial charge on any atom is 0.404 e. The van der Waals surface area contributed by atoms with Crippen LogP contribution in [0.1, 0.15) is 36.8 Å². The van der Waals surface area contributed by atoms with E-state index >= 15 is 0 Å². The summed E-state index contributed by atoms with van der Waals surface area (Å²) < 4.78 is 15.8.